The van der Waals surface area contributed by atoms with E-state index in [1.54, 1.807) is 0 Å². The second-order valence-electron chi connectivity index (χ2n) is 5.88. The highest BCUT2D eigenvalue weighted by molar-refractivity contribution is 7.09. The highest BCUT2D eigenvalue weighted by Crippen LogP contribution is 2.13. The molecule has 0 aliphatic rings. The highest BCUT2D eigenvalue weighted by atomic mass is 32.1. The molecule has 0 spiro atoms. The summed E-state index contributed by atoms with van der Waals surface area (Å²) in [7, 11) is 2.20. The van der Waals surface area contributed by atoms with Crippen LogP contribution in [0.3, 0.4) is 0 Å². The normalized spacial score (nSPS) is 12.3. The summed E-state index contributed by atoms with van der Waals surface area (Å²) in [5.74, 6) is 0. The Kier molecular flexibility index (Phi) is 6.17. The van der Waals surface area contributed by atoms with Crippen molar-refractivity contribution in [3.05, 3.63) is 22.4 Å². The van der Waals surface area contributed by atoms with Crippen LogP contribution in [-0.4, -0.2) is 38.1 Å². The first kappa shape index (κ1) is 14.7. The van der Waals surface area contributed by atoms with Gasteiger partial charge in [0, 0.05) is 31.1 Å². The van der Waals surface area contributed by atoms with Gasteiger partial charge in [-0.1, -0.05) is 26.8 Å². The number of hydrogen-bond acceptors (Lipinski definition) is 3. The molecule has 0 saturated heterocycles. The van der Waals surface area contributed by atoms with Gasteiger partial charge >= 0.3 is 0 Å². The largest absolute Gasteiger partial charge is 0.315 e. The molecule has 0 atom stereocenters. The molecular formula is C14H26N2S. The zero-order valence-electron chi connectivity index (χ0n) is 11.6. The molecule has 1 rings (SSSR count). The van der Waals surface area contributed by atoms with Gasteiger partial charge in [0.25, 0.3) is 0 Å². The van der Waals surface area contributed by atoms with E-state index in [0.717, 1.165) is 32.6 Å². The summed E-state index contributed by atoms with van der Waals surface area (Å²) in [5, 5.41) is 5.65. The topological polar surface area (TPSA) is 15.3 Å². The maximum Gasteiger partial charge on any atom is 0.0104 e. The summed E-state index contributed by atoms with van der Waals surface area (Å²) < 4.78 is 0. The van der Waals surface area contributed by atoms with Gasteiger partial charge in [-0.3, -0.25) is 0 Å². The first-order valence-electron chi connectivity index (χ1n) is 6.39. The van der Waals surface area contributed by atoms with Crippen LogP contribution < -0.4 is 5.32 Å². The van der Waals surface area contributed by atoms with Crippen molar-refractivity contribution < 1.29 is 0 Å². The van der Waals surface area contributed by atoms with Crippen LogP contribution >= 0.6 is 11.3 Å². The molecule has 17 heavy (non-hydrogen) atoms. The number of thiophene rings is 1. The third-order valence-electron chi connectivity index (χ3n) is 2.54. The lowest BCUT2D eigenvalue weighted by atomic mass is 9.96. The first-order chi connectivity index (χ1) is 7.97. The van der Waals surface area contributed by atoms with Crippen LogP contribution in [0.25, 0.3) is 0 Å². The average Bonchev–Trinajstić information content (AvgIpc) is 2.67. The lowest BCUT2D eigenvalue weighted by Crippen LogP contribution is -2.35. The van der Waals surface area contributed by atoms with Gasteiger partial charge < -0.3 is 10.2 Å². The lowest BCUT2D eigenvalue weighted by Gasteiger charge is -2.26. The van der Waals surface area contributed by atoms with Gasteiger partial charge in [0.1, 0.15) is 0 Å². The minimum absolute atomic E-state index is 0.395. The molecule has 0 aliphatic heterocycles. The Hall–Kier alpha value is -0.380. The second kappa shape index (κ2) is 7.14. The lowest BCUT2D eigenvalue weighted by molar-refractivity contribution is 0.227. The standard InChI is InChI=1S/C14H26N2S/c1-14(2,3)12-16(4)10-9-15-8-7-13-6-5-11-17-13/h5-6,11,15H,7-10,12H2,1-4H3. The van der Waals surface area contributed by atoms with Crippen LogP contribution in [0.4, 0.5) is 0 Å². The molecule has 0 aromatic carbocycles. The molecule has 98 valence electrons. The van der Waals surface area contributed by atoms with E-state index in [9.17, 15) is 0 Å². The van der Waals surface area contributed by atoms with Gasteiger partial charge in [-0.05, 0) is 30.3 Å². The van der Waals surface area contributed by atoms with E-state index < -0.39 is 0 Å². The average molecular weight is 254 g/mol. The van der Waals surface area contributed by atoms with E-state index in [1.165, 1.54) is 4.88 Å². The fourth-order valence-electron chi connectivity index (χ4n) is 1.95. The van der Waals surface area contributed by atoms with Crippen LogP contribution in [-0.2, 0) is 6.42 Å². The molecule has 1 heterocycles. The highest BCUT2D eigenvalue weighted by Gasteiger charge is 2.12. The molecule has 0 aliphatic carbocycles. The van der Waals surface area contributed by atoms with Gasteiger partial charge in [0.2, 0.25) is 0 Å². The van der Waals surface area contributed by atoms with Crippen LogP contribution in [0, 0.1) is 5.41 Å². The van der Waals surface area contributed by atoms with Gasteiger partial charge in [-0.25, -0.2) is 0 Å². The number of nitrogens with zero attached hydrogens (tertiary/aromatic N) is 1. The van der Waals surface area contributed by atoms with Crippen molar-refractivity contribution in [2.24, 2.45) is 5.41 Å². The summed E-state index contributed by atoms with van der Waals surface area (Å²) in [6.07, 6.45) is 1.15. The minimum atomic E-state index is 0.395. The molecule has 0 unspecified atom stereocenters. The van der Waals surface area contributed by atoms with E-state index in [4.69, 9.17) is 0 Å². The molecule has 0 fully saturated rings. The maximum atomic E-state index is 3.51. The summed E-state index contributed by atoms with van der Waals surface area (Å²) in [4.78, 5) is 3.87. The molecule has 2 nitrogen and oxygen atoms in total. The van der Waals surface area contributed by atoms with Crippen molar-refractivity contribution in [1.29, 1.82) is 0 Å². The SMILES string of the molecule is CN(CCNCCc1cccs1)CC(C)(C)C. The quantitative estimate of drug-likeness (QED) is 0.753. The van der Waals surface area contributed by atoms with E-state index in [0.29, 0.717) is 5.41 Å². The first-order valence-corrected chi connectivity index (χ1v) is 7.27. The Morgan fingerprint density at radius 1 is 1.29 bits per heavy atom. The summed E-state index contributed by atoms with van der Waals surface area (Å²) >= 11 is 1.84. The second-order valence-corrected chi connectivity index (χ2v) is 6.91. The van der Waals surface area contributed by atoms with E-state index in [1.807, 2.05) is 11.3 Å². The third-order valence-corrected chi connectivity index (χ3v) is 3.48. The smallest absolute Gasteiger partial charge is 0.0104 e. The molecule has 1 N–H and O–H groups in total. The van der Waals surface area contributed by atoms with E-state index in [-0.39, 0.29) is 0 Å². The van der Waals surface area contributed by atoms with Crippen LogP contribution in [0.2, 0.25) is 0 Å². The van der Waals surface area contributed by atoms with E-state index in [2.05, 4.69) is 55.5 Å². The number of likely N-dealkylation sites (N-methyl/N-ethyl adjacent to an activating group) is 1. The van der Waals surface area contributed by atoms with Crippen molar-refractivity contribution in [2.75, 3.05) is 33.2 Å². The van der Waals surface area contributed by atoms with Crippen molar-refractivity contribution in [2.45, 2.75) is 27.2 Å². The molecule has 0 radical (unpaired) electrons. The van der Waals surface area contributed by atoms with Crippen LogP contribution in [0.1, 0.15) is 25.6 Å². The molecule has 0 amide bonds. The summed E-state index contributed by atoms with van der Waals surface area (Å²) in [6.45, 7) is 11.3. The summed E-state index contributed by atoms with van der Waals surface area (Å²) in [5.41, 5.74) is 0.395. The predicted molar refractivity (Wildman–Crippen MR) is 77.8 cm³/mol. The van der Waals surface area contributed by atoms with Crippen molar-refractivity contribution in [1.82, 2.24) is 10.2 Å². The Bertz CT molecular complexity index is 288. The van der Waals surface area contributed by atoms with Crippen LogP contribution in [0.5, 0.6) is 0 Å². The Labute approximate surface area is 110 Å². The van der Waals surface area contributed by atoms with Gasteiger partial charge in [-0.15, -0.1) is 11.3 Å². The monoisotopic (exact) mass is 254 g/mol. The molecular weight excluding hydrogens is 228 g/mol. The Morgan fingerprint density at radius 2 is 2.06 bits per heavy atom. The molecule has 1 aromatic rings. The van der Waals surface area contributed by atoms with Gasteiger partial charge in [-0.2, -0.15) is 0 Å². The molecule has 3 heteroatoms. The maximum absolute atomic E-state index is 3.51. The minimum Gasteiger partial charge on any atom is -0.315 e. The Morgan fingerprint density at radius 3 is 2.65 bits per heavy atom. The fourth-order valence-corrected chi connectivity index (χ4v) is 2.66. The van der Waals surface area contributed by atoms with Crippen molar-refractivity contribution in [3.63, 3.8) is 0 Å². The number of nitrogens with one attached hydrogen (secondary N) is 1. The third kappa shape index (κ3) is 7.53. The Balaban J connectivity index is 2.00. The fraction of sp³-hybridized carbons (Fsp3) is 0.714. The predicted octanol–water partition coefficient (Wildman–Crippen LogP) is 2.86. The molecule has 0 saturated carbocycles. The van der Waals surface area contributed by atoms with Crippen LogP contribution in [0.15, 0.2) is 17.5 Å². The zero-order valence-corrected chi connectivity index (χ0v) is 12.4. The van der Waals surface area contributed by atoms with Crippen molar-refractivity contribution >= 4 is 11.3 Å². The summed E-state index contributed by atoms with van der Waals surface area (Å²) in [6, 6.07) is 4.33. The molecule has 0 bridgehead atoms. The number of rotatable bonds is 7. The molecule has 1 aromatic heterocycles. The van der Waals surface area contributed by atoms with Gasteiger partial charge in [0.15, 0.2) is 0 Å². The number of hydrogen-bond donors (Lipinski definition) is 1. The zero-order chi connectivity index (χ0) is 12.7. The van der Waals surface area contributed by atoms with E-state index >= 15 is 0 Å². The van der Waals surface area contributed by atoms with Gasteiger partial charge in [0.05, 0.1) is 0 Å². The van der Waals surface area contributed by atoms with Crippen molar-refractivity contribution in [3.8, 4) is 0 Å².